The highest BCUT2D eigenvalue weighted by atomic mass is 79.9. The molecule has 3 fully saturated rings. The molecule has 6 heteroatoms. The van der Waals surface area contributed by atoms with Crippen molar-refractivity contribution >= 4 is 55.1 Å². The molecule has 1 aromatic carbocycles. The maximum Gasteiger partial charge on any atom is 0.238 e. The second-order valence-electron chi connectivity index (χ2n) is 6.62. The Kier molecular flexibility index (Phi) is 3.54. The molecule has 1 heterocycles. The van der Waals surface area contributed by atoms with E-state index in [-0.39, 0.29) is 50.9 Å². The maximum absolute atomic E-state index is 12.9. The van der Waals surface area contributed by atoms with Gasteiger partial charge in [0, 0.05) is 15.2 Å². The van der Waals surface area contributed by atoms with E-state index in [0.29, 0.717) is 11.3 Å². The third-order valence-electron chi connectivity index (χ3n) is 5.50. The molecular formula is C17H15Br2NO3. The third kappa shape index (κ3) is 2.03. The number of carbonyl (C=O) groups excluding carboxylic acids is 3. The molecule has 2 bridgehead atoms. The Bertz CT molecular complexity index is 702. The van der Waals surface area contributed by atoms with Crippen molar-refractivity contribution in [1.29, 1.82) is 0 Å². The molecule has 1 aromatic rings. The number of halogens is 2. The highest BCUT2D eigenvalue weighted by Crippen LogP contribution is 2.60. The Morgan fingerprint density at radius 1 is 1.09 bits per heavy atom. The number of fused-ring (bicyclic) bond motifs is 5. The molecule has 3 aliphatic rings. The number of rotatable bonds is 2. The highest BCUT2D eigenvalue weighted by Gasteiger charge is 2.66. The SMILES string of the molecule is CC(=O)c1cccc(N2C(=O)C3C4CC(C(Br)C4Br)C3C2=O)c1. The van der Waals surface area contributed by atoms with E-state index < -0.39 is 0 Å². The molecule has 4 nitrogen and oxygen atoms in total. The lowest BCUT2D eigenvalue weighted by Gasteiger charge is -2.28. The molecule has 0 radical (unpaired) electrons. The van der Waals surface area contributed by atoms with Gasteiger partial charge in [-0.1, -0.05) is 44.0 Å². The summed E-state index contributed by atoms with van der Waals surface area (Å²) in [7, 11) is 0. The Hall–Kier alpha value is -1.01. The number of nitrogens with zero attached hydrogens (tertiary/aromatic N) is 1. The maximum atomic E-state index is 12.9. The van der Waals surface area contributed by atoms with Gasteiger partial charge in [-0.15, -0.1) is 0 Å². The summed E-state index contributed by atoms with van der Waals surface area (Å²) in [6, 6.07) is 6.78. The number of hydrogen-bond donors (Lipinski definition) is 0. The van der Waals surface area contributed by atoms with Crippen LogP contribution in [0, 0.1) is 23.7 Å². The molecule has 23 heavy (non-hydrogen) atoms. The van der Waals surface area contributed by atoms with Crippen molar-refractivity contribution in [2.24, 2.45) is 23.7 Å². The number of anilines is 1. The van der Waals surface area contributed by atoms with Gasteiger partial charge in [-0.25, -0.2) is 0 Å². The number of alkyl halides is 2. The van der Waals surface area contributed by atoms with Crippen LogP contribution < -0.4 is 4.90 Å². The van der Waals surface area contributed by atoms with Gasteiger partial charge in [-0.05, 0) is 37.3 Å². The fourth-order valence-corrected chi connectivity index (χ4v) is 6.34. The Labute approximate surface area is 150 Å². The van der Waals surface area contributed by atoms with Crippen molar-refractivity contribution in [3.63, 3.8) is 0 Å². The van der Waals surface area contributed by atoms with Gasteiger partial charge in [0.1, 0.15) is 0 Å². The molecule has 0 spiro atoms. The van der Waals surface area contributed by atoms with Crippen LogP contribution in [0.15, 0.2) is 24.3 Å². The number of ketones is 1. The molecule has 2 aliphatic carbocycles. The Balaban J connectivity index is 1.73. The van der Waals surface area contributed by atoms with Crippen molar-refractivity contribution in [1.82, 2.24) is 0 Å². The zero-order valence-electron chi connectivity index (χ0n) is 12.4. The van der Waals surface area contributed by atoms with Crippen LogP contribution in [0.4, 0.5) is 5.69 Å². The zero-order chi connectivity index (χ0) is 16.5. The number of benzene rings is 1. The first-order valence-electron chi connectivity index (χ1n) is 7.68. The van der Waals surface area contributed by atoms with Gasteiger partial charge in [-0.2, -0.15) is 0 Å². The molecule has 1 aliphatic heterocycles. The number of imide groups is 1. The summed E-state index contributed by atoms with van der Waals surface area (Å²) in [6.45, 7) is 1.48. The van der Waals surface area contributed by atoms with Crippen LogP contribution in [0.1, 0.15) is 23.7 Å². The summed E-state index contributed by atoms with van der Waals surface area (Å²) in [4.78, 5) is 39.1. The molecule has 4 rings (SSSR count). The lowest BCUT2D eigenvalue weighted by atomic mass is 9.81. The van der Waals surface area contributed by atoms with Crippen LogP contribution >= 0.6 is 31.9 Å². The van der Waals surface area contributed by atoms with Crippen LogP contribution in [0.5, 0.6) is 0 Å². The summed E-state index contributed by atoms with van der Waals surface area (Å²) < 4.78 is 0. The van der Waals surface area contributed by atoms with Crippen molar-refractivity contribution < 1.29 is 14.4 Å². The molecule has 0 aromatic heterocycles. The van der Waals surface area contributed by atoms with Gasteiger partial charge in [0.25, 0.3) is 0 Å². The predicted octanol–water partition coefficient (Wildman–Crippen LogP) is 3.17. The summed E-state index contributed by atoms with van der Waals surface area (Å²) in [5, 5.41) is 0. The van der Waals surface area contributed by atoms with Crippen molar-refractivity contribution in [3.8, 4) is 0 Å². The zero-order valence-corrected chi connectivity index (χ0v) is 15.6. The number of hydrogen-bond acceptors (Lipinski definition) is 3. The van der Waals surface area contributed by atoms with Crippen LogP contribution in [0.3, 0.4) is 0 Å². The first kappa shape index (κ1) is 15.5. The van der Waals surface area contributed by atoms with E-state index in [4.69, 9.17) is 0 Å². The van der Waals surface area contributed by atoms with Gasteiger partial charge in [0.15, 0.2) is 5.78 Å². The first-order chi connectivity index (χ1) is 10.9. The van der Waals surface area contributed by atoms with Crippen LogP contribution in [0.25, 0.3) is 0 Å². The van der Waals surface area contributed by atoms with Gasteiger partial charge >= 0.3 is 0 Å². The fraction of sp³-hybridized carbons (Fsp3) is 0.471. The summed E-state index contributed by atoms with van der Waals surface area (Å²) in [5.41, 5.74) is 1.03. The normalized spacial score (nSPS) is 38.3. The Morgan fingerprint density at radius 3 is 2.17 bits per heavy atom. The molecule has 0 N–H and O–H groups in total. The lowest BCUT2D eigenvalue weighted by molar-refractivity contribution is -0.123. The largest absolute Gasteiger partial charge is 0.295 e. The smallest absolute Gasteiger partial charge is 0.238 e. The summed E-state index contributed by atoms with van der Waals surface area (Å²) in [6.07, 6.45) is 0.917. The second kappa shape index (κ2) is 5.24. The van der Waals surface area contributed by atoms with Crippen LogP contribution in [-0.4, -0.2) is 27.3 Å². The van der Waals surface area contributed by atoms with Crippen molar-refractivity contribution in [2.75, 3.05) is 4.90 Å². The van der Waals surface area contributed by atoms with E-state index in [1.54, 1.807) is 24.3 Å². The number of carbonyl (C=O) groups is 3. The monoisotopic (exact) mass is 439 g/mol. The van der Waals surface area contributed by atoms with E-state index in [9.17, 15) is 14.4 Å². The third-order valence-corrected chi connectivity index (χ3v) is 8.70. The average molecular weight is 441 g/mol. The first-order valence-corrected chi connectivity index (χ1v) is 9.52. The average Bonchev–Trinajstić information content (AvgIpc) is 3.12. The van der Waals surface area contributed by atoms with Gasteiger partial charge in [0.2, 0.25) is 11.8 Å². The molecular weight excluding hydrogens is 426 g/mol. The van der Waals surface area contributed by atoms with E-state index in [1.807, 2.05) is 0 Å². The van der Waals surface area contributed by atoms with Gasteiger partial charge < -0.3 is 0 Å². The van der Waals surface area contributed by atoms with E-state index >= 15 is 0 Å². The van der Waals surface area contributed by atoms with E-state index in [1.165, 1.54) is 11.8 Å². The summed E-state index contributed by atoms with van der Waals surface area (Å²) in [5.74, 6) is -0.363. The number of Topliss-reactive ketones (excluding diaryl/α,β-unsaturated/α-hetero) is 1. The quantitative estimate of drug-likeness (QED) is 0.403. The molecule has 2 saturated carbocycles. The molecule has 2 amide bonds. The topological polar surface area (TPSA) is 54.5 Å². The van der Waals surface area contributed by atoms with Crippen molar-refractivity contribution in [2.45, 2.75) is 23.0 Å². The van der Waals surface area contributed by atoms with E-state index in [2.05, 4.69) is 31.9 Å². The molecule has 6 atom stereocenters. The fourth-order valence-electron chi connectivity index (χ4n) is 4.47. The molecule has 120 valence electrons. The second-order valence-corrected chi connectivity index (χ2v) is 8.74. The van der Waals surface area contributed by atoms with Gasteiger partial charge in [0.05, 0.1) is 17.5 Å². The predicted molar refractivity (Wildman–Crippen MR) is 92.9 cm³/mol. The summed E-state index contributed by atoms with van der Waals surface area (Å²) >= 11 is 7.36. The lowest BCUT2D eigenvalue weighted by Crippen LogP contribution is -2.37. The van der Waals surface area contributed by atoms with Crippen LogP contribution in [-0.2, 0) is 9.59 Å². The minimum atomic E-state index is -0.230. The van der Waals surface area contributed by atoms with E-state index in [0.717, 1.165) is 6.42 Å². The minimum absolute atomic E-state index is 0.0766. The van der Waals surface area contributed by atoms with Crippen molar-refractivity contribution in [3.05, 3.63) is 29.8 Å². The van der Waals surface area contributed by atoms with Crippen LogP contribution in [0.2, 0.25) is 0 Å². The molecule has 6 unspecified atom stereocenters. The standard InChI is InChI=1S/C17H15Br2NO3/c1-7(21)8-3-2-4-9(5-8)20-16(22)12-10-6-11(13(12)17(20)23)15(19)14(10)18/h2-5,10-15H,6H2,1H3. The minimum Gasteiger partial charge on any atom is -0.295 e. The Morgan fingerprint density at radius 2 is 1.65 bits per heavy atom. The number of amides is 2. The molecule has 1 saturated heterocycles. The van der Waals surface area contributed by atoms with Gasteiger partial charge in [-0.3, -0.25) is 19.3 Å². The highest BCUT2D eigenvalue weighted by molar-refractivity contribution is 9.12.